The lowest BCUT2D eigenvalue weighted by atomic mass is 9.90. The molecule has 5 nitrogen and oxygen atoms in total. The summed E-state index contributed by atoms with van der Waals surface area (Å²) in [4.78, 5) is 25.4. The first-order chi connectivity index (χ1) is 9.36. The van der Waals surface area contributed by atoms with Crippen LogP contribution < -0.4 is 5.73 Å². The molecule has 0 spiro atoms. The maximum absolute atomic E-state index is 12.5. The van der Waals surface area contributed by atoms with Gasteiger partial charge in [0.15, 0.2) is 0 Å². The minimum atomic E-state index is -1.03. The lowest BCUT2D eigenvalue weighted by Crippen LogP contribution is -2.58. The minimum Gasteiger partial charge on any atom is -0.480 e. The fourth-order valence-corrected chi connectivity index (χ4v) is 2.44. The Morgan fingerprint density at radius 3 is 2.55 bits per heavy atom. The summed E-state index contributed by atoms with van der Waals surface area (Å²) >= 11 is 0. The van der Waals surface area contributed by atoms with Crippen molar-refractivity contribution in [3.05, 3.63) is 35.4 Å². The monoisotopic (exact) mass is 276 g/mol. The van der Waals surface area contributed by atoms with Gasteiger partial charge >= 0.3 is 5.97 Å². The molecule has 1 aromatic rings. The molecule has 20 heavy (non-hydrogen) atoms. The van der Waals surface area contributed by atoms with Crippen molar-refractivity contribution in [2.24, 2.45) is 5.73 Å². The number of hydrogen-bond acceptors (Lipinski definition) is 3. The van der Waals surface area contributed by atoms with Crippen molar-refractivity contribution in [1.82, 2.24) is 4.90 Å². The number of rotatable bonds is 3. The van der Waals surface area contributed by atoms with Crippen LogP contribution in [0.25, 0.3) is 0 Å². The van der Waals surface area contributed by atoms with E-state index in [4.69, 9.17) is 5.73 Å². The fourth-order valence-electron chi connectivity index (χ4n) is 2.44. The molecule has 2 rings (SSSR count). The summed E-state index contributed by atoms with van der Waals surface area (Å²) in [6.45, 7) is 3.78. The number of carbonyl (C=O) groups is 2. The summed E-state index contributed by atoms with van der Waals surface area (Å²) < 4.78 is 0. The second kappa shape index (κ2) is 5.25. The molecule has 1 aliphatic heterocycles. The third-order valence-corrected chi connectivity index (χ3v) is 4.02. The first-order valence-corrected chi connectivity index (χ1v) is 6.76. The zero-order valence-electron chi connectivity index (χ0n) is 11.8. The Bertz CT molecular complexity index is 540. The summed E-state index contributed by atoms with van der Waals surface area (Å²) in [6, 6.07) is 6.77. The van der Waals surface area contributed by atoms with Crippen LogP contribution in [0.3, 0.4) is 0 Å². The average Bonchev–Trinajstić information content (AvgIpc) is 2.44. The van der Waals surface area contributed by atoms with Gasteiger partial charge < -0.3 is 15.7 Å². The lowest BCUT2D eigenvalue weighted by Gasteiger charge is -2.38. The maximum atomic E-state index is 12.5. The molecular formula is C15H20N2O3. The van der Waals surface area contributed by atoms with Crippen molar-refractivity contribution in [2.75, 3.05) is 0 Å². The molecular weight excluding hydrogens is 256 g/mol. The van der Waals surface area contributed by atoms with E-state index in [0.29, 0.717) is 19.4 Å². The van der Waals surface area contributed by atoms with E-state index in [2.05, 4.69) is 0 Å². The van der Waals surface area contributed by atoms with E-state index in [-0.39, 0.29) is 5.91 Å². The number of carboxylic acids is 1. The van der Waals surface area contributed by atoms with Gasteiger partial charge in [-0.05, 0) is 24.5 Å². The first-order valence-electron chi connectivity index (χ1n) is 6.76. The second-order valence-electron chi connectivity index (χ2n) is 5.53. The van der Waals surface area contributed by atoms with Gasteiger partial charge in [-0.25, -0.2) is 4.79 Å². The Morgan fingerprint density at radius 1 is 1.40 bits per heavy atom. The molecule has 0 aliphatic carbocycles. The number of carboxylic acid groups (broad SMARTS) is 1. The Kier molecular flexibility index (Phi) is 3.81. The summed E-state index contributed by atoms with van der Waals surface area (Å²) in [5, 5.41) is 9.39. The number of benzene rings is 1. The van der Waals surface area contributed by atoms with E-state index in [1.807, 2.05) is 31.2 Å². The van der Waals surface area contributed by atoms with Crippen molar-refractivity contribution in [2.45, 2.75) is 44.8 Å². The standard InChI is InChI=1S/C15H20N2O3/c1-3-15(2,16)14(20)17-9-11-7-5-4-6-10(11)8-12(17)13(18)19/h4-7,12H,3,8-9,16H2,1-2H3,(H,18,19). The van der Waals surface area contributed by atoms with Gasteiger partial charge in [-0.2, -0.15) is 0 Å². The number of nitrogens with zero attached hydrogens (tertiary/aromatic N) is 1. The minimum absolute atomic E-state index is 0.304. The molecule has 0 fully saturated rings. The van der Waals surface area contributed by atoms with Gasteiger partial charge in [0.25, 0.3) is 0 Å². The van der Waals surface area contributed by atoms with E-state index in [9.17, 15) is 14.7 Å². The molecule has 0 saturated heterocycles. The molecule has 3 N–H and O–H groups in total. The largest absolute Gasteiger partial charge is 0.480 e. The van der Waals surface area contributed by atoms with Crippen LogP contribution >= 0.6 is 0 Å². The highest BCUT2D eigenvalue weighted by Gasteiger charge is 2.40. The molecule has 5 heteroatoms. The van der Waals surface area contributed by atoms with Gasteiger partial charge in [-0.15, -0.1) is 0 Å². The van der Waals surface area contributed by atoms with Crippen molar-refractivity contribution >= 4 is 11.9 Å². The Balaban J connectivity index is 2.36. The highest BCUT2D eigenvalue weighted by atomic mass is 16.4. The smallest absolute Gasteiger partial charge is 0.326 e. The zero-order valence-corrected chi connectivity index (χ0v) is 11.8. The molecule has 0 saturated carbocycles. The van der Waals surface area contributed by atoms with E-state index in [1.54, 1.807) is 6.92 Å². The normalized spacial score (nSPS) is 20.9. The number of amides is 1. The topological polar surface area (TPSA) is 83.6 Å². The molecule has 0 bridgehead atoms. The fraction of sp³-hybridized carbons (Fsp3) is 0.467. The highest BCUT2D eigenvalue weighted by Crippen LogP contribution is 2.26. The summed E-state index contributed by atoms with van der Waals surface area (Å²) in [5.41, 5.74) is 6.94. The molecule has 1 amide bonds. The van der Waals surface area contributed by atoms with Crippen LogP contribution in [0.5, 0.6) is 0 Å². The van der Waals surface area contributed by atoms with Crippen LogP contribution in [-0.2, 0) is 22.6 Å². The van der Waals surface area contributed by atoms with Gasteiger partial charge in [0.2, 0.25) is 5.91 Å². The van der Waals surface area contributed by atoms with Crippen LogP contribution in [0.15, 0.2) is 24.3 Å². The second-order valence-corrected chi connectivity index (χ2v) is 5.53. The quantitative estimate of drug-likeness (QED) is 0.867. The molecule has 2 unspecified atom stereocenters. The van der Waals surface area contributed by atoms with Crippen LogP contribution in [0.1, 0.15) is 31.4 Å². The van der Waals surface area contributed by atoms with E-state index >= 15 is 0 Å². The zero-order chi connectivity index (χ0) is 14.9. The molecule has 2 atom stereocenters. The van der Waals surface area contributed by atoms with Gasteiger partial charge in [-0.1, -0.05) is 31.2 Å². The third kappa shape index (κ3) is 2.54. The molecule has 0 aromatic heterocycles. The molecule has 108 valence electrons. The lowest BCUT2D eigenvalue weighted by molar-refractivity contribution is -0.153. The number of fused-ring (bicyclic) bond motifs is 1. The predicted octanol–water partition coefficient (Wildman–Crippen LogP) is 1.15. The van der Waals surface area contributed by atoms with E-state index in [0.717, 1.165) is 11.1 Å². The maximum Gasteiger partial charge on any atom is 0.326 e. The van der Waals surface area contributed by atoms with Crippen LogP contribution in [0.2, 0.25) is 0 Å². The van der Waals surface area contributed by atoms with Crippen LogP contribution in [0.4, 0.5) is 0 Å². The van der Waals surface area contributed by atoms with E-state index in [1.165, 1.54) is 4.90 Å². The SMILES string of the molecule is CCC(C)(N)C(=O)N1Cc2ccccc2CC1C(=O)O. The van der Waals surface area contributed by atoms with Crippen LogP contribution in [-0.4, -0.2) is 33.5 Å². The number of carbonyl (C=O) groups excluding carboxylic acids is 1. The van der Waals surface area contributed by atoms with Crippen molar-refractivity contribution < 1.29 is 14.7 Å². The van der Waals surface area contributed by atoms with Crippen molar-refractivity contribution in [3.63, 3.8) is 0 Å². The summed E-state index contributed by atoms with van der Waals surface area (Å²) in [6.07, 6.45) is 0.799. The Hall–Kier alpha value is -1.88. The van der Waals surface area contributed by atoms with E-state index < -0.39 is 17.6 Å². The molecule has 1 aromatic carbocycles. The van der Waals surface area contributed by atoms with Gasteiger partial charge in [0.05, 0.1) is 5.54 Å². The average molecular weight is 276 g/mol. The summed E-state index contributed by atoms with van der Waals surface area (Å²) in [7, 11) is 0. The number of aliphatic carboxylic acids is 1. The predicted molar refractivity (Wildman–Crippen MR) is 75.0 cm³/mol. The van der Waals surface area contributed by atoms with Crippen molar-refractivity contribution in [1.29, 1.82) is 0 Å². The molecule has 0 radical (unpaired) electrons. The molecule has 1 heterocycles. The van der Waals surface area contributed by atoms with Gasteiger partial charge in [-0.3, -0.25) is 4.79 Å². The first kappa shape index (κ1) is 14.5. The third-order valence-electron chi connectivity index (χ3n) is 4.02. The highest BCUT2D eigenvalue weighted by molar-refractivity contribution is 5.90. The molecule has 1 aliphatic rings. The Labute approximate surface area is 118 Å². The van der Waals surface area contributed by atoms with Gasteiger partial charge in [0, 0.05) is 13.0 Å². The van der Waals surface area contributed by atoms with Crippen LogP contribution in [0, 0.1) is 0 Å². The Morgan fingerprint density at radius 2 is 2.00 bits per heavy atom. The number of nitrogens with two attached hydrogens (primary N) is 1. The number of hydrogen-bond donors (Lipinski definition) is 2. The van der Waals surface area contributed by atoms with Gasteiger partial charge in [0.1, 0.15) is 6.04 Å². The summed E-state index contributed by atoms with van der Waals surface area (Å²) in [5.74, 6) is -1.29. The van der Waals surface area contributed by atoms with Crippen molar-refractivity contribution in [3.8, 4) is 0 Å².